The third-order valence-corrected chi connectivity index (χ3v) is 8.04. The number of aromatic hydroxyl groups is 1. The molecular formula is C30H26N4O3S. The molecule has 3 aromatic carbocycles. The van der Waals surface area contributed by atoms with Gasteiger partial charge in [-0.1, -0.05) is 55.0 Å². The second-order valence-electron chi connectivity index (χ2n) is 9.47. The molecule has 2 amide bonds. The lowest BCUT2D eigenvalue weighted by Crippen LogP contribution is -2.31. The Morgan fingerprint density at radius 3 is 2.50 bits per heavy atom. The number of nitrogens with zero attached hydrogens (tertiary/aromatic N) is 2. The van der Waals surface area contributed by atoms with E-state index < -0.39 is 0 Å². The van der Waals surface area contributed by atoms with E-state index >= 15 is 0 Å². The highest BCUT2D eigenvalue weighted by molar-refractivity contribution is 7.20. The van der Waals surface area contributed by atoms with Crippen LogP contribution < -0.4 is 10.6 Å². The van der Waals surface area contributed by atoms with E-state index in [9.17, 15) is 14.7 Å². The molecule has 3 N–H and O–H groups in total. The maximum atomic E-state index is 13.1. The number of anilines is 1. The summed E-state index contributed by atoms with van der Waals surface area (Å²) in [5, 5.41) is 22.3. The summed E-state index contributed by atoms with van der Waals surface area (Å²) in [5.74, 6) is 0.0133. The van der Waals surface area contributed by atoms with Gasteiger partial charge in [-0.25, -0.2) is 4.79 Å². The van der Waals surface area contributed by atoms with Crippen molar-refractivity contribution in [2.75, 3.05) is 5.32 Å². The molecule has 1 aliphatic rings. The van der Waals surface area contributed by atoms with Gasteiger partial charge in [0.2, 0.25) is 0 Å². The van der Waals surface area contributed by atoms with Gasteiger partial charge in [0, 0.05) is 34.5 Å². The Kier molecular flexibility index (Phi) is 6.39. The fourth-order valence-electron chi connectivity index (χ4n) is 4.65. The highest BCUT2D eigenvalue weighted by atomic mass is 32.1. The first kappa shape index (κ1) is 23.9. The molecule has 0 saturated heterocycles. The van der Waals surface area contributed by atoms with E-state index in [0.717, 1.165) is 40.6 Å². The number of carbonyl (C=O) groups is 2. The molecule has 2 aromatic heterocycles. The van der Waals surface area contributed by atoms with E-state index in [4.69, 9.17) is 0 Å². The molecule has 0 atom stereocenters. The SMILES string of the molecule is O=C(Nc1ccc(-c2cc(C3CCC3)n(C(=O)NCc3ccccc3)n2)c(O)c1)c1cc2ccccc2s1. The second-order valence-corrected chi connectivity index (χ2v) is 10.6. The van der Waals surface area contributed by atoms with Crippen molar-refractivity contribution in [1.82, 2.24) is 15.1 Å². The number of fused-ring (bicyclic) bond motifs is 1. The molecule has 2 heterocycles. The van der Waals surface area contributed by atoms with Gasteiger partial charge in [0.05, 0.1) is 16.3 Å². The minimum Gasteiger partial charge on any atom is -0.507 e. The van der Waals surface area contributed by atoms with Crippen molar-refractivity contribution in [3.63, 3.8) is 0 Å². The summed E-state index contributed by atoms with van der Waals surface area (Å²) >= 11 is 1.42. The quantitative estimate of drug-likeness (QED) is 0.230. The molecule has 6 rings (SSSR count). The number of rotatable bonds is 6. The Morgan fingerprint density at radius 1 is 0.974 bits per heavy atom. The van der Waals surface area contributed by atoms with Gasteiger partial charge in [-0.2, -0.15) is 9.78 Å². The number of amides is 2. The molecule has 1 saturated carbocycles. The summed E-state index contributed by atoms with van der Waals surface area (Å²) in [6.45, 7) is 0.401. The summed E-state index contributed by atoms with van der Waals surface area (Å²) in [6.07, 6.45) is 3.13. The number of phenolic OH excluding ortho intramolecular Hbond substituents is 1. The van der Waals surface area contributed by atoms with E-state index in [0.29, 0.717) is 28.4 Å². The van der Waals surface area contributed by atoms with E-state index in [1.54, 1.807) is 12.1 Å². The molecule has 0 spiro atoms. The van der Waals surface area contributed by atoms with Crippen LogP contribution in [0.4, 0.5) is 10.5 Å². The number of benzene rings is 3. The largest absolute Gasteiger partial charge is 0.507 e. The zero-order valence-corrected chi connectivity index (χ0v) is 21.4. The van der Waals surface area contributed by atoms with Crippen molar-refractivity contribution in [1.29, 1.82) is 0 Å². The fraction of sp³-hybridized carbons (Fsp3) is 0.167. The average Bonchev–Trinajstić information content (AvgIpc) is 3.52. The van der Waals surface area contributed by atoms with Crippen molar-refractivity contribution in [2.24, 2.45) is 0 Å². The first-order valence-corrected chi connectivity index (χ1v) is 13.4. The summed E-state index contributed by atoms with van der Waals surface area (Å²) < 4.78 is 2.47. The molecule has 0 radical (unpaired) electrons. The number of hydrogen-bond acceptors (Lipinski definition) is 5. The molecular weight excluding hydrogens is 496 g/mol. The van der Waals surface area contributed by atoms with Crippen LogP contribution in [-0.2, 0) is 6.54 Å². The monoisotopic (exact) mass is 522 g/mol. The maximum Gasteiger partial charge on any atom is 0.342 e. The van der Waals surface area contributed by atoms with Gasteiger partial charge in [0.25, 0.3) is 5.91 Å². The van der Waals surface area contributed by atoms with Gasteiger partial charge >= 0.3 is 6.03 Å². The molecule has 8 heteroatoms. The third-order valence-electron chi connectivity index (χ3n) is 6.92. The summed E-state index contributed by atoms with van der Waals surface area (Å²) in [4.78, 5) is 26.5. The van der Waals surface area contributed by atoms with Crippen LogP contribution in [0.15, 0.2) is 84.9 Å². The molecule has 38 heavy (non-hydrogen) atoms. The lowest BCUT2D eigenvalue weighted by atomic mass is 9.82. The Hall–Kier alpha value is -4.43. The predicted molar refractivity (Wildman–Crippen MR) is 150 cm³/mol. The molecule has 1 fully saturated rings. The Labute approximate surface area is 223 Å². The number of nitrogens with one attached hydrogen (secondary N) is 2. The van der Waals surface area contributed by atoms with Crippen LogP contribution in [-0.4, -0.2) is 26.8 Å². The average molecular weight is 523 g/mol. The number of aromatic nitrogens is 2. The zero-order valence-electron chi connectivity index (χ0n) is 20.6. The van der Waals surface area contributed by atoms with Crippen molar-refractivity contribution < 1.29 is 14.7 Å². The zero-order chi connectivity index (χ0) is 26.1. The lowest BCUT2D eigenvalue weighted by molar-refractivity contribution is 0.103. The second kappa shape index (κ2) is 10.1. The summed E-state index contributed by atoms with van der Waals surface area (Å²) in [7, 11) is 0. The smallest absolute Gasteiger partial charge is 0.342 e. The van der Waals surface area contributed by atoms with Gasteiger partial charge in [-0.3, -0.25) is 4.79 Å². The van der Waals surface area contributed by atoms with Crippen LogP contribution in [0, 0.1) is 0 Å². The summed E-state index contributed by atoms with van der Waals surface area (Å²) in [6, 6.07) is 26.0. The molecule has 7 nitrogen and oxygen atoms in total. The first-order valence-electron chi connectivity index (χ1n) is 12.6. The van der Waals surface area contributed by atoms with Gasteiger partial charge in [0.1, 0.15) is 5.75 Å². The number of hydrogen-bond donors (Lipinski definition) is 3. The van der Waals surface area contributed by atoms with Crippen molar-refractivity contribution in [3.8, 4) is 17.0 Å². The maximum absolute atomic E-state index is 13.1. The molecule has 0 aliphatic heterocycles. The van der Waals surface area contributed by atoms with Crippen LogP contribution >= 0.6 is 11.3 Å². The predicted octanol–water partition coefficient (Wildman–Crippen LogP) is 6.75. The Morgan fingerprint density at radius 2 is 1.76 bits per heavy atom. The molecule has 190 valence electrons. The van der Waals surface area contributed by atoms with Crippen LogP contribution in [0.1, 0.15) is 46.1 Å². The number of phenols is 1. The van der Waals surface area contributed by atoms with Gasteiger partial charge in [-0.15, -0.1) is 11.3 Å². The molecule has 0 unspecified atom stereocenters. The van der Waals surface area contributed by atoms with E-state index in [2.05, 4.69) is 15.7 Å². The molecule has 5 aromatic rings. The van der Waals surface area contributed by atoms with Crippen LogP contribution in [0.3, 0.4) is 0 Å². The highest BCUT2D eigenvalue weighted by Gasteiger charge is 2.27. The van der Waals surface area contributed by atoms with Gasteiger partial charge < -0.3 is 15.7 Å². The van der Waals surface area contributed by atoms with Gasteiger partial charge in [0.15, 0.2) is 0 Å². The number of carbonyl (C=O) groups excluding carboxylic acids is 2. The van der Waals surface area contributed by atoms with E-state index in [-0.39, 0.29) is 23.6 Å². The summed E-state index contributed by atoms with van der Waals surface area (Å²) in [5.41, 5.74) is 3.34. The lowest BCUT2D eigenvalue weighted by Gasteiger charge is -2.25. The van der Waals surface area contributed by atoms with Crippen molar-refractivity contribution in [2.45, 2.75) is 31.7 Å². The molecule has 1 aliphatic carbocycles. The Balaban J connectivity index is 1.22. The van der Waals surface area contributed by atoms with Crippen LogP contribution in [0.25, 0.3) is 21.3 Å². The standard InChI is InChI=1S/C30H26N4O3S/c35-26-16-22(32-29(36)28-15-21-9-4-5-12-27(21)38-28)13-14-23(26)24-17-25(20-10-6-11-20)34(33-24)30(37)31-18-19-7-2-1-3-8-19/h1-5,7-9,12-17,20,35H,6,10-11,18H2,(H,31,37)(H,32,36). The first-order chi connectivity index (χ1) is 18.5. The topological polar surface area (TPSA) is 96.3 Å². The third kappa shape index (κ3) is 4.78. The van der Waals surface area contributed by atoms with E-state index in [1.807, 2.05) is 66.7 Å². The highest BCUT2D eigenvalue weighted by Crippen LogP contribution is 2.39. The Bertz CT molecular complexity index is 1600. The van der Waals surface area contributed by atoms with Gasteiger partial charge in [-0.05, 0) is 54.1 Å². The van der Waals surface area contributed by atoms with Crippen molar-refractivity contribution in [3.05, 3.63) is 101 Å². The van der Waals surface area contributed by atoms with Crippen LogP contribution in [0.2, 0.25) is 0 Å². The fourth-order valence-corrected chi connectivity index (χ4v) is 5.60. The van der Waals surface area contributed by atoms with Crippen LogP contribution in [0.5, 0.6) is 5.75 Å². The molecule has 0 bridgehead atoms. The minimum atomic E-state index is -0.297. The minimum absolute atomic E-state index is 0.0198. The van der Waals surface area contributed by atoms with Crippen molar-refractivity contribution >= 4 is 39.0 Å². The number of thiophene rings is 1. The normalized spacial score (nSPS) is 13.3. The van der Waals surface area contributed by atoms with E-state index in [1.165, 1.54) is 22.1 Å².